The zero-order chi connectivity index (χ0) is 24.8. The highest BCUT2D eigenvalue weighted by Gasteiger charge is 2.37. The van der Waals surface area contributed by atoms with Gasteiger partial charge in [0, 0.05) is 36.5 Å². The van der Waals surface area contributed by atoms with Crippen molar-refractivity contribution < 1.29 is 27.2 Å². The first-order valence-corrected chi connectivity index (χ1v) is 10.5. The lowest BCUT2D eigenvalue weighted by atomic mass is 9.93. The molecule has 34 heavy (non-hydrogen) atoms. The average molecular weight is 499 g/mol. The number of amides is 2. The molecule has 0 unspecified atom stereocenters. The number of pyridine rings is 1. The number of aromatic nitrogens is 3. The fourth-order valence-electron chi connectivity index (χ4n) is 3.81. The molecule has 4 rings (SSSR count). The molecule has 0 radical (unpaired) electrons. The first-order chi connectivity index (χ1) is 15.9. The zero-order valence-corrected chi connectivity index (χ0v) is 18.6. The summed E-state index contributed by atoms with van der Waals surface area (Å²) in [5, 5.41) is 5.49. The van der Waals surface area contributed by atoms with Crippen molar-refractivity contribution in [2.24, 2.45) is 0 Å². The van der Waals surface area contributed by atoms with E-state index in [4.69, 9.17) is 17.3 Å². The van der Waals surface area contributed by atoms with Crippen molar-refractivity contribution in [2.45, 2.75) is 18.6 Å². The van der Waals surface area contributed by atoms with E-state index < -0.39 is 36.9 Å². The summed E-state index contributed by atoms with van der Waals surface area (Å²) in [6.45, 7) is -1.33. The van der Waals surface area contributed by atoms with Gasteiger partial charge in [-0.1, -0.05) is 11.6 Å². The highest BCUT2D eigenvalue weighted by Crippen LogP contribution is 2.34. The lowest BCUT2D eigenvalue weighted by Crippen LogP contribution is -2.49. The molecule has 3 aromatic rings. The molecule has 180 valence electrons. The van der Waals surface area contributed by atoms with Gasteiger partial charge in [-0.15, -0.1) is 0 Å². The molecular formula is C21H19ClF4N6O2. The van der Waals surface area contributed by atoms with Gasteiger partial charge in [-0.3, -0.25) is 14.3 Å². The molecule has 2 N–H and O–H groups in total. The lowest BCUT2D eigenvalue weighted by Gasteiger charge is -2.38. The SMILES string of the molecule is CN(CC(F)(F)F)C(=O)Cn1nc(C2CN(C(=O)c3cc(N)ncc3F)C2)c2cc(Cl)ccc21. The Labute approximate surface area is 195 Å². The molecule has 0 spiro atoms. The van der Waals surface area contributed by atoms with E-state index in [0.717, 1.165) is 19.3 Å². The molecule has 3 heterocycles. The third-order valence-corrected chi connectivity index (χ3v) is 5.77. The van der Waals surface area contributed by atoms with Crippen LogP contribution in [0.4, 0.5) is 23.4 Å². The molecule has 1 aliphatic heterocycles. The Bertz CT molecular complexity index is 1270. The normalized spacial score (nSPS) is 14.4. The predicted molar refractivity (Wildman–Crippen MR) is 116 cm³/mol. The van der Waals surface area contributed by atoms with Gasteiger partial charge in [0.05, 0.1) is 23.0 Å². The van der Waals surface area contributed by atoms with Crippen LogP contribution < -0.4 is 5.73 Å². The van der Waals surface area contributed by atoms with Gasteiger partial charge in [0.1, 0.15) is 18.9 Å². The van der Waals surface area contributed by atoms with Crippen LogP contribution in [0.1, 0.15) is 22.0 Å². The van der Waals surface area contributed by atoms with Gasteiger partial charge >= 0.3 is 6.18 Å². The van der Waals surface area contributed by atoms with E-state index in [-0.39, 0.29) is 30.4 Å². The third kappa shape index (κ3) is 4.76. The van der Waals surface area contributed by atoms with Crippen LogP contribution in [0.3, 0.4) is 0 Å². The number of likely N-dealkylation sites (N-methyl/N-ethyl adjacent to an activating group) is 1. The molecule has 0 saturated carbocycles. The Kier molecular flexibility index (Phi) is 6.11. The number of carbonyl (C=O) groups is 2. The number of halogens is 5. The van der Waals surface area contributed by atoms with Crippen molar-refractivity contribution >= 4 is 40.1 Å². The quantitative estimate of drug-likeness (QED) is 0.545. The van der Waals surface area contributed by atoms with E-state index in [1.807, 2.05) is 0 Å². The van der Waals surface area contributed by atoms with E-state index in [0.29, 0.717) is 26.5 Å². The fourth-order valence-corrected chi connectivity index (χ4v) is 3.98. The molecule has 1 saturated heterocycles. The van der Waals surface area contributed by atoms with Crippen LogP contribution in [0, 0.1) is 5.82 Å². The number of alkyl halides is 3. The molecule has 1 aliphatic rings. The second-order valence-electron chi connectivity index (χ2n) is 8.07. The Morgan fingerprint density at radius 1 is 1.26 bits per heavy atom. The number of fused-ring (bicyclic) bond motifs is 1. The third-order valence-electron chi connectivity index (χ3n) is 5.53. The van der Waals surface area contributed by atoms with Gasteiger partial charge < -0.3 is 15.5 Å². The summed E-state index contributed by atoms with van der Waals surface area (Å²) < 4.78 is 53.2. The van der Waals surface area contributed by atoms with Crippen molar-refractivity contribution in [3.05, 3.63) is 52.6 Å². The smallest absolute Gasteiger partial charge is 0.384 e. The lowest BCUT2D eigenvalue weighted by molar-refractivity contribution is -0.158. The van der Waals surface area contributed by atoms with Crippen LogP contribution in [0.25, 0.3) is 10.9 Å². The van der Waals surface area contributed by atoms with E-state index >= 15 is 0 Å². The number of carbonyl (C=O) groups excluding carboxylic acids is 2. The summed E-state index contributed by atoms with van der Waals surface area (Å²) in [7, 11) is 1.07. The van der Waals surface area contributed by atoms with E-state index in [2.05, 4.69) is 10.1 Å². The highest BCUT2D eigenvalue weighted by atomic mass is 35.5. The molecule has 2 aromatic heterocycles. The van der Waals surface area contributed by atoms with Crippen LogP contribution in [-0.2, 0) is 11.3 Å². The second kappa shape index (κ2) is 8.75. The van der Waals surface area contributed by atoms with E-state index in [1.165, 1.54) is 9.58 Å². The summed E-state index contributed by atoms with van der Waals surface area (Å²) >= 11 is 6.12. The van der Waals surface area contributed by atoms with Gasteiger partial charge in [0.25, 0.3) is 5.91 Å². The summed E-state index contributed by atoms with van der Waals surface area (Å²) in [5.74, 6) is -2.32. The maximum atomic E-state index is 14.0. The second-order valence-corrected chi connectivity index (χ2v) is 8.50. The fraction of sp³-hybridized carbons (Fsp3) is 0.333. The predicted octanol–water partition coefficient (Wildman–Crippen LogP) is 3.07. The largest absolute Gasteiger partial charge is 0.406 e. The Morgan fingerprint density at radius 2 is 1.97 bits per heavy atom. The number of nitrogen functional groups attached to an aromatic ring is 1. The van der Waals surface area contributed by atoms with Gasteiger partial charge in [0.15, 0.2) is 5.82 Å². The minimum absolute atomic E-state index is 0.0151. The Balaban J connectivity index is 1.55. The number of nitrogens with zero attached hydrogens (tertiary/aromatic N) is 5. The molecule has 2 amide bonds. The number of hydrogen-bond donors (Lipinski definition) is 1. The van der Waals surface area contributed by atoms with E-state index in [1.54, 1.807) is 18.2 Å². The molecule has 0 aliphatic carbocycles. The molecule has 1 fully saturated rings. The topological polar surface area (TPSA) is 97.4 Å². The molecule has 0 atom stereocenters. The summed E-state index contributed by atoms with van der Waals surface area (Å²) in [4.78, 5) is 30.6. The number of hydrogen-bond acceptors (Lipinski definition) is 5. The van der Waals surface area contributed by atoms with Gasteiger partial charge in [0.2, 0.25) is 5.91 Å². The van der Waals surface area contributed by atoms with Crippen LogP contribution in [0.2, 0.25) is 5.02 Å². The molecule has 0 bridgehead atoms. The summed E-state index contributed by atoms with van der Waals surface area (Å²) in [5.41, 5.74) is 6.42. The number of nitrogens with two attached hydrogens (primary N) is 1. The van der Waals surface area contributed by atoms with Gasteiger partial charge in [-0.25, -0.2) is 9.37 Å². The first kappa shape index (κ1) is 23.7. The maximum Gasteiger partial charge on any atom is 0.406 e. The Hall–Kier alpha value is -3.41. The molecular weight excluding hydrogens is 480 g/mol. The molecule has 1 aromatic carbocycles. The van der Waals surface area contributed by atoms with Crippen LogP contribution in [-0.4, -0.2) is 69.2 Å². The van der Waals surface area contributed by atoms with Crippen molar-refractivity contribution in [3.63, 3.8) is 0 Å². The van der Waals surface area contributed by atoms with Crippen LogP contribution in [0.5, 0.6) is 0 Å². The van der Waals surface area contributed by atoms with Crippen LogP contribution in [0.15, 0.2) is 30.5 Å². The number of rotatable bonds is 5. The van der Waals surface area contributed by atoms with Gasteiger partial charge in [-0.2, -0.15) is 18.3 Å². The van der Waals surface area contributed by atoms with Crippen molar-refractivity contribution in [1.29, 1.82) is 0 Å². The number of anilines is 1. The van der Waals surface area contributed by atoms with Crippen molar-refractivity contribution in [3.8, 4) is 0 Å². The minimum Gasteiger partial charge on any atom is -0.384 e. The summed E-state index contributed by atoms with van der Waals surface area (Å²) in [6, 6.07) is 6.02. The minimum atomic E-state index is -4.52. The first-order valence-electron chi connectivity index (χ1n) is 10.1. The standard InChI is InChI=1S/C21H19ClF4N6O2/c1-30(10-21(24,25)26)18(33)9-32-16-3-2-12(22)4-14(16)19(29-32)11-7-31(8-11)20(34)13-5-17(27)28-6-15(13)23/h2-6,11H,7-10H2,1H3,(H2,27,28). The van der Waals surface area contributed by atoms with Crippen molar-refractivity contribution in [1.82, 2.24) is 24.6 Å². The number of likely N-dealkylation sites (tertiary alicyclic amines) is 1. The zero-order valence-electron chi connectivity index (χ0n) is 17.8. The highest BCUT2D eigenvalue weighted by molar-refractivity contribution is 6.31. The molecule has 8 nitrogen and oxygen atoms in total. The molecule has 13 heteroatoms. The van der Waals surface area contributed by atoms with E-state index in [9.17, 15) is 27.2 Å². The van der Waals surface area contributed by atoms with Crippen LogP contribution >= 0.6 is 11.6 Å². The van der Waals surface area contributed by atoms with Gasteiger partial charge in [-0.05, 0) is 24.3 Å². The maximum absolute atomic E-state index is 14.0. The number of benzene rings is 1. The van der Waals surface area contributed by atoms with Crippen molar-refractivity contribution in [2.75, 3.05) is 32.4 Å². The monoisotopic (exact) mass is 498 g/mol. The Morgan fingerprint density at radius 3 is 2.65 bits per heavy atom. The average Bonchev–Trinajstić information content (AvgIpc) is 3.04. The summed E-state index contributed by atoms with van der Waals surface area (Å²) in [6.07, 6.45) is -3.64.